The third kappa shape index (κ3) is 13.3. The molecule has 0 unspecified atom stereocenters. The van der Waals surface area contributed by atoms with Gasteiger partial charge in [0.25, 0.3) is 0 Å². The van der Waals surface area contributed by atoms with E-state index < -0.39 is 0 Å². The minimum atomic E-state index is 1.10. The molecule has 4 heteroatoms. The molecule has 0 atom stereocenters. The molecule has 4 nitrogen and oxygen atoms in total. The molecule has 2 aliphatic rings. The van der Waals surface area contributed by atoms with Crippen molar-refractivity contribution in [1.29, 1.82) is 0 Å². The van der Waals surface area contributed by atoms with Crippen molar-refractivity contribution < 1.29 is 0 Å². The standard InChI is InChI=1S/C46H38N2.C40H38N2.C6H6.C2H6/c1-2-47(38-20-8-4-9-21-38)45-41-24-14-15-25-42(41)46(44-33-37-19-13-12-18-36(37)32-43(44)45)48(39-22-10-5-11-23-39)40-30-28-35(29-31-40)27-26-34-16-6-3-7-17-34;1-5-14-28-23-32(16-7-3)42(27(28)4)40-35-21-11-10-20-34(35)39(36-24-29-17-8-9-18-30(29)25-37(36)40)41-26-31(15-6-2)33-19-12-13-22-38(33)41;1-2-4-6-5-3-1;1-2/h2-11,14-17,20-33H,1,12-13,18-19H2;5-7,10-16,19-26H,8-9,17-18H2,1-4H3;1-6H;1-2H3/b27-26+;14-5-,15-6-,16-7-;;. The average Bonchev–Trinajstić information content (AvgIpc) is 1.11. The lowest BCUT2D eigenvalue weighted by atomic mass is 9.86. The van der Waals surface area contributed by atoms with Crippen molar-refractivity contribution in [2.45, 2.75) is 92.9 Å². The van der Waals surface area contributed by atoms with E-state index in [-0.39, 0.29) is 0 Å². The van der Waals surface area contributed by atoms with Gasteiger partial charge in [-0.2, -0.15) is 0 Å². The zero-order chi connectivity index (χ0) is 67.3. The molecule has 14 aromatic rings. The monoisotopic (exact) mass is 1270 g/mol. The molecular weight excluding hydrogens is 1190 g/mol. The molecule has 0 amide bonds. The van der Waals surface area contributed by atoms with Gasteiger partial charge in [-0.15, -0.1) is 0 Å². The molecule has 98 heavy (non-hydrogen) atoms. The lowest BCUT2D eigenvalue weighted by molar-refractivity contribution is 0.687. The Morgan fingerprint density at radius 3 is 1.31 bits per heavy atom. The van der Waals surface area contributed by atoms with Crippen LogP contribution >= 0.6 is 0 Å². The quantitative estimate of drug-likeness (QED) is 0.0650. The van der Waals surface area contributed by atoms with E-state index in [1.54, 1.807) is 0 Å². The predicted octanol–water partition coefficient (Wildman–Crippen LogP) is 26.5. The Morgan fingerprint density at radius 2 is 0.765 bits per heavy atom. The Bertz CT molecular complexity index is 5190. The lowest BCUT2D eigenvalue weighted by Crippen LogP contribution is -2.14. The van der Waals surface area contributed by atoms with Crippen LogP contribution in [0.15, 0.2) is 292 Å². The Kier molecular flexibility index (Phi) is 20.5. The molecule has 0 saturated carbocycles. The first-order valence-electron chi connectivity index (χ1n) is 35.3. The van der Waals surface area contributed by atoms with Crippen LogP contribution in [0.1, 0.15) is 116 Å². The summed E-state index contributed by atoms with van der Waals surface area (Å²) in [6.07, 6.45) is 31.3. The Hall–Kier alpha value is -11.2. The van der Waals surface area contributed by atoms with Crippen LogP contribution in [-0.4, -0.2) is 9.13 Å². The maximum Gasteiger partial charge on any atom is 0.0620 e. The van der Waals surface area contributed by atoms with Gasteiger partial charge in [-0.25, -0.2) is 0 Å². The van der Waals surface area contributed by atoms with Gasteiger partial charge in [-0.3, -0.25) is 0 Å². The van der Waals surface area contributed by atoms with Crippen LogP contribution in [0, 0.1) is 6.92 Å². The van der Waals surface area contributed by atoms with Gasteiger partial charge < -0.3 is 18.9 Å². The number of fused-ring (bicyclic) bond motifs is 7. The third-order valence-electron chi connectivity index (χ3n) is 19.2. The van der Waals surface area contributed by atoms with E-state index in [9.17, 15) is 0 Å². The maximum absolute atomic E-state index is 4.32. The Balaban J connectivity index is 0.000000160. The molecule has 16 rings (SSSR count). The average molecular weight is 1270 g/mol. The van der Waals surface area contributed by atoms with Crippen molar-refractivity contribution in [2.24, 2.45) is 0 Å². The fraction of sp³-hybridized carbons (Fsp3) is 0.149. The Labute approximate surface area is 580 Å². The van der Waals surface area contributed by atoms with Crippen molar-refractivity contribution in [3.05, 3.63) is 348 Å². The summed E-state index contributed by atoms with van der Waals surface area (Å²) in [5.74, 6) is 0. The van der Waals surface area contributed by atoms with E-state index in [1.807, 2.05) is 56.4 Å². The van der Waals surface area contributed by atoms with Gasteiger partial charge in [-0.1, -0.05) is 245 Å². The van der Waals surface area contributed by atoms with Crippen molar-refractivity contribution in [1.82, 2.24) is 9.13 Å². The minimum absolute atomic E-state index is 1.10. The number of para-hydroxylation sites is 3. The van der Waals surface area contributed by atoms with Crippen LogP contribution in [0.5, 0.6) is 0 Å². The number of aromatic nitrogens is 2. The molecular formula is C94H88N4. The first-order valence-corrected chi connectivity index (χ1v) is 35.3. The SMILES string of the molecule is C/C=C\c1cc(/C=C\C)n(-c2c3ccccc3c(-n3cc(/C=C\C)c4ccccc43)c3cc4c(cc23)CCCC4)c1C.C=CN(c1ccccc1)c1c2ccccc2c(N(c2ccccc2)c2ccc(/C=C/c3ccccc3)cc2)c2cc3c(cc12)CCCC3.CC.c1ccccc1. The van der Waals surface area contributed by atoms with Gasteiger partial charge in [0, 0.05) is 94.9 Å². The van der Waals surface area contributed by atoms with Crippen molar-refractivity contribution in [3.63, 3.8) is 0 Å². The van der Waals surface area contributed by atoms with Gasteiger partial charge >= 0.3 is 0 Å². The molecule has 2 aromatic heterocycles. The van der Waals surface area contributed by atoms with Crippen molar-refractivity contribution in [3.8, 4) is 11.4 Å². The van der Waals surface area contributed by atoms with E-state index in [0.717, 1.165) is 42.7 Å². The number of anilines is 5. The predicted molar refractivity (Wildman–Crippen MR) is 428 cm³/mol. The molecule has 2 aliphatic carbocycles. The topological polar surface area (TPSA) is 16.3 Å². The molecule has 0 N–H and O–H groups in total. The van der Waals surface area contributed by atoms with E-state index in [2.05, 4.69) is 326 Å². The second-order valence-electron chi connectivity index (χ2n) is 25.2. The fourth-order valence-corrected chi connectivity index (χ4v) is 14.8. The number of aryl methyl sites for hydroxylation is 4. The van der Waals surface area contributed by atoms with Crippen molar-refractivity contribution >= 4 is 113 Å². The van der Waals surface area contributed by atoms with Crippen LogP contribution in [0.2, 0.25) is 0 Å². The fourth-order valence-electron chi connectivity index (χ4n) is 14.8. The molecule has 12 aromatic carbocycles. The first kappa shape index (κ1) is 65.5. The summed E-state index contributed by atoms with van der Waals surface area (Å²) in [6.45, 7) is 16.9. The highest BCUT2D eigenvalue weighted by Gasteiger charge is 2.27. The summed E-state index contributed by atoms with van der Waals surface area (Å²) in [4.78, 5) is 4.72. The molecule has 0 radical (unpaired) electrons. The van der Waals surface area contributed by atoms with Gasteiger partial charge in [0.1, 0.15) is 0 Å². The lowest BCUT2D eigenvalue weighted by Gasteiger charge is -2.32. The molecule has 0 bridgehead atoms. The highest BCUT2D eigenvalue weighted by Crippen LogP contribution is 2.51. The van der Waals surface area contributed by atoms with Crippen LogP contribution < -0.4 is 9.80 Å². The highest BCUT2D eigenvalue weighted by molar-refractivity contribution is 6.23. The van der Waals surface area contributed by atoms with Crippen LogP contribution in [0.3, 0.4) is 0 Å². The molecule has 484 valence electrons. The zero-order valence-electron chi connectivity index (χ0n) is 57.7. The zero-order valence-corrected chi connectivity index (χ0v) is 57.7. The second kappa shape index (κ2) is 30.7. The number of rotatable bonds is 13. The summed E-state index contributed by atoms with van der Waals surface area (Å²) >= 11 is 0. The normalized spacial score (nSPS) is 12.8. The molecule has 2 heterocycles. The van der Waals surface area contributed by atoms with Gasteiger partial charge in [-0.05, 0) is 197 Å². The number of nitrogens with zero attached hydrogens (tertiary/aromatic N) is 4. The van der Waals surface area contributed by atoms with E-state index in [0.29, 0.717) is 0 Å². The number of benzene rings is 12. The number of hydrogen-bond acceptors (Lipinski definition) is 2. The summed E-state index contributed by atoms with van der Waals surface area (Å²) in [6, 6.07) is 91.9. The minimum Gasteiger partial charge on any atom is -0.317 e. The van der Waals surface area contributed by atoms with Crippen molar-refractivity contribution in [2.75, 3.05) is 9.80 Å². The number of allylic oxidation sites excluding steroid dienone is 3. The van der Waals surface area contributed by atoms with E-state index >= 15 is 0 Å². The number of hydrogen-bond donors (Lipinski definition) is 0. The first-order chi connectivity index (χ1) is 48.4. The molecule has 0 aliphatic heterocycles. The van der Waals surface area contributed by atoms with Crippen LogP contribution in [0.4, 0.5) is 28.4 Å². The summed E-state index contributed by atoms with van der Waals surface area (Å²) in [7, 11) is 0. The molecule has 0 saturated heterocycles. The largest absolute Gasteiger partial charge is 0.317 e. The van der Waals surface area contributed by atoms with Gasteiger partial charge in [0.2, 0.25) is 0 Å². The maximum atomic E-state index is 4.32. The third-order valence-corrected chi connectivity index (χ3v) is 19.2. The Morgan fingerprint density at radius 1 is 0.357 bits per heavy atom. The summed E-state index contributed by atoms with van der Waals surface area (Å²) in [5, 5.41) is 11.4. The summed E-state index contributed by atoms with van der Waals surface area (Å²) < 4.78 is 4.95. The smallest absolute Gasteiger partial charge is 0.0620 e. The van der Waals surface area contributed by atoms with E-state index in [4.69, 9.17) is 0 Å². The van der Waals surface area contributed by atoms with E-state index in [1.165, 1.54) is 158 Å². The summed E-state index contributed by atoms with van der Waals surface area (Å²) in [5.41, 5.74) is 22.8. The highest BCUT2D eigenvalue weighted by atomic mass is 15.2. The van der Waals surface area contributed by atoms with Crippen LogP contribution in [0.25, 0.3) is 95.7 Å². The van der Waals surface area contributed by atoms with Gasteiger partial charge in [0.15, 0.2) is 0 Å². The van der Waals surface area contributed by atoms with Crippen LogP contribution in [-0.2, 0) is 25.7 Å². The second-order valence-corrected chi connectivity index (χ2v) is 25.2. The molecule has 0 fully saturated rings. The van der Waals surface area contributed by atoms with Gasteiger partial charge in [0.05, 0.1) is 28.3 Å². The molecule has 0 spiro atoms.